The average molecular weight is 477 g/mol. The van der Waals surface area contributed by atoms with Crippen molar-refractivity contribution < 1.29 is 26.1 Å². The van der Waals surface area contributed by atoms with Gasteiger partial charge >= 0.3 is 6.18 Å². The number of hydrogen-bond acceptors (Lipinski definition) is 2. The van der Waals surface area contributed by atoms with Crippen LogP contribution in [0.5, 0.6) is 0 Å². The highest BCUT2D eigenvalue weighted by atomic mass is 32.2. The molecule has 0 amide bonds. The van der Waals surface area contributed by atoms with Gasteiger partial charge in [-0.2, -0.15) is 21.6 Å². The maximum absolute atomic E-state index is 13.5. The molecule has 3 nitrogen and oxygen atoms in total. The Morgan fingerprint density at radius 2 is 1.39 bits per heavy atom. The third kappa shape index (κ3) is 5.30. The van der Waals surface area contributed by atoms with Gasteiger partial charge in [0.2, 0.25) is 0 Å². The molecule has 0 radical (unpaired) electrons. The molecule has 0 heterocycles. The topological polar surface area (TPSA) is 54.4 Å². The van der Waals surface area contributed by atoms with E-state index in [1.165, 1.54) is 64.2 Å². The fourth-order valence-corrected chi connectivity index (χ4v) is 11.5. The van der Waals surface area contributed by atoms with Crippen LogP contribution in [0.1, 0.15) is 87.3 Å². The van der Waals surface area contributed by atoms with Crippen LogP contribution in [0.15, 0.2) is 17.0 Å². The molecule has 8 heteroatoms. The zero-order valence-corrected chi connectivity index (χ0v) is 19.5. The standard InChI is InChI=1S/C23H32F3O3PS/c24-23(25,26)17-13-16-14-20(11-12-21(16)22(15-17)31(27,28)29)30(18-7-3-1-4-8-18)19-9-5-2-6-10-19/h13,15,18-20H,1-12,14H2,(H,27,28,29). The zero-order valence-electron chi connectivity index (χ0n) is 17.8. The first-order chi connectivity index (χ1) is 14.6. The van der Waals surface area contributed by atoms with E-state index < -0.39 is 26.8 Å². The lowest BCUT2D eigenvalue weighted by atomic mass is 9.89. The molecule has 1 N–H and O–H groups in total. The van der Waals surface area contributed by atoms with Crippen molar-refractivity contribution in [2.45, 2.75) is 112 Å². The van der Waals surface area contributed by atoms with Gasteiger partial charge in [-0.3, -0.25) is 4.55 Å². The molecule has 174 valence electrons. The Morgan fingerprint density at radius 3 is 1.87 bits per heavy atom. The highest BCUT2D eigenvalue weighted by Crippen LogP contribution is 2.61. The number of benzene rings is 1. The third-order valence-electron chi connectivity index (χ3n) is 7.50. The molecule has 2 saturated carbocycles. The molecule has 4 rings (SSSR count). The minimum Gasteiger partial charge on any atom is -0.282 e. The van der Waals surface area contributed by atoms with Crippen molar-refractivity contribution in [2.75, 3.05) is 0 Å². The number of hydrogen-bond donors (Lipinski definition) is 1. The molecule has 3 aliphatic carbocycles. The third-order valence-corrected chi connectivity index (χ3v) is 12.4. The Labute approximate surface area is 184 Å². The van der Waals surface area contributed by atoms with Crippen LogP contribution in [-0.2, 0) is 29.1 Å². The lowest BCUT2D eigenvalue weighted by molar-refractivity contribution is -0.137. The van der Waals surface area contributed by atoms with Crippen molar-refractivity contribution in [3.8, 4) is 0 Å². The largest absolute Gasteiger partial charge is 0.416 e. The van der Waals surface area contributed by atoms with Crippen LogP contribution in [0, 0.1) is 0 Å². The molecule has 2 fully saturated rings. The van der Waals surface area contributed by atoms with Crippen molar-refractivity contribution >= 4 is 18.0 Å². The maximum atomic E-state index is 13.5. The highest BCUT2D eigenvalue weighted by Gasteiger charge is 2.40. The zero-order chi connectivity index (χ0) is 22.2. The van der Waals surface area contributed by atoms with Crippen LogP contribution in [0.2, 0.25) is 0 Å². The first kappa shape index (κ1) is 23.5. The van der Waals surface area contributed by atoms with Gasteiger partial charge in [-0.15, -0.1) is 0 Å². The van der Waals surface area contributed by atoms with Gasteiger partial charge in [-0.1, -0.05) is 46.4 Å². The first-order valence-corrected chi connectivity index (χ1v) is 14.6. The molecule has 0 spiro atoms. The summed E-state index contributed by atoms with van der Waals surface area (Å²) < 4.78 is 73.9. The van der Waals surface area contributed by atoms with Crippen LogP contribution < -0.4 is 0 Å². The van der Waals surface area contributed by atoms with E-state index in [1.54, 1.807) is 0 Å². The molecule has 0 aromatic heterocycles. The summed E-state index contributed by atoms with van der Waals surface area (Å²) in [6.07, 6.45) is 9.67. The quantitative estimate of drug-likeness (QED) is 0.378. The van der Waals surface area contributed by atoms with Crippen LogP contribution >= 0.6 is 7.92 Å². The van der Waals surface area contributed by atoms with E-state index in [2.05, 4.69) is 0 Å². The van der Waals surface area contributed by atoms with Crippen molar-refractivity contribution in [2.24, 2.45) is 0 Å². The van der Waals surface area contributed by atoms with Gasteiger partial charge < -0.3 is 0 Å². The number of alkyl halides is 3. The number of fused-ring (bicyclic) bond motifs is 1. The first-order valence-electron chi connectivity index (χ1n) is 11.6. The van der Waals surface area contributed by atoms with E-state index in [0.717, 1.165) is 12.5 Å². The van der Waals surface area contributed by atoms with E-state index in [0.29, 0.717) is 47.0 Å². The summed E-state index contributed by atoms with van der Waals surface area (Å²) >= 11 is 0. The maximum Gasteiger partial charge on any atom is 0.416 e. The summed E-state index contributed by atoms with van der Waals surface area (Å²) in [6.45, 7) is 0. The Morgan fingerprint density at radius 1 is 0.839 bits per heavy atom. The highest BCUT2D eigenvalue weighted by molar-refractivity contribution is 7.85. The van der Waals surface area contributed by atoms with Gasteiger partial charge in [0.05, 0.1) is 10.5 Å². The number of halogens is 3. The molecule has 3 aliphatic rings. The molecule has 0 saturated heterocycles. The lowest BCUT2D eigenvalue weighted by Crippen LogP contribution is -2.31. The molecule has 1 aromatic rings. The van der Waals surface area contributed by atoms with Gasteiger partial charge in [0.25, 0.3) is 10.1 Å². The molecule has 1 aromatic carbocycles. The van der Waals surface area contributed by atoms with Crippen molar-refractivity contribution in [1.82, 2.24) is 0 Å². The summed E-state index contributed by atoms with van der Waals surface area (Å²) in [5, 5.41) is 0. The molecule has 1 atom stereocenters. The summed E-state index contributed by atoms with van der Waals surface area (Å²) in [7, 11) is -5.01. The minimum absolute atomic E-state index is 0.308. The van der Waals surface area contributed by atoms with E-state index in [1.807, 2.05) is 0 Å². The van der Waals surface area contributed by atoms with Gasteiger partial charge in [0, 0.05) is 0 Å². The predicted octanol–water partition coefficient (Wildman–Crippen LogP) is 6.96. The van der Waals surface area contributed by atoms with E-state index >= 15 is 0 Å². The smallest absolute Gasteiger partial charge is 0.282 e. The summed E-state index contributed by atoms with van der Waals surface area (Å²) in [5.74, 6) is 0. The lowest BCUT2D eigenvalue weighted by Gasteiger charge is -2.45. The Balaban J connectivity index is 1.69. The fraction of sp³-hybridized carbons (Fsp3) is 0.739. The van der Waals surface area contributed by atoms with Crippen molar-refractivity contribution in [3.63, 3.8) is 0 Å². The van der Waals surface area contributed by atoms with Crippen LogP contribution in [-0.4, -0.2) is 29.9 Å². The molecular formula is C23H32F3O3PS. The average Bonchev–Trinajstić information content (AvgIpc) is 2.73. The van der Waals surface area contributed by atoms with Crippen LogP contribution in [0.3, 0.4) is 0 Å². The predicted molar refractivity (Wildman–Crippen MR) is 118 cm³/mol. The van der Waals surface area contributed by atoms with Crippen LogP contribution in [0.4, 0.5) is 13.2 Å². The summed E-state index contributed by atoms with van der Waals surface area (Å²) in [4.78, 5) is -0.546. The second-order valence-electron chi connectivity index (χ2n) is 9.51. The second-order valence-corrected chi connectivity index (χ2v) is 14.0. The SMILES string of the molecule is O=S(=O)(O)c1cc(C(F)(F)F)cc2c1CCC(P(C1CCCCC1)C1CCCCC1)C2. The Bertz CT molecular complexity index is 870. The monoisotopic (exact) mass is 476 g/mol. The van der Waals surface area contributed by atoms with Crippen LogP contribution in [0.25, 0.3) is 0 Å². The van der Waals surface area contributed by atoms with Gasteiger partial charge in [-0.25, -0.2) is 0 Å². The molecule has 31 heavy (non-hydrogen) atoms. The van der Waals surface area contributed by atoms with E-state index in [9.17, 15) is 26.1 Å². The molecule has 0 bridgehead atoms. The number of rotatable bonds is 4. The minimum atomic E-state index is -4.70. The van der Waals surface area contributed by atoms with Gasteiger partial charge in [-0.05, 0) is 85.2 Å². The molecular weight excluding hydrogens is 444 g/mol. The van der Waals surface area contributed by atoms with Crippen molar-refractivity contribution in [3.05, 3.63) is 28.8 Å². The second kappa shape index (κ2) is 9.30. The normalized spacial score (nSPS) is 24.4. The van der Waals surface area contributed by atoms with Gasteiger partial charge in [0.15, 0.2) is 0 Å². The summed E-state index contributed by atoms with van der Waals surface area (Å²) in [5.41, 5.74) is 1.66. The fourth-order valence-electron chi connectivity index (χ4n) is 6.14. The van der Waals surface area contributed by atoms with Gasteiger partial charge in [0.1, 0.15) is 0 Å². The summed E-state index contributed by atoms with van der Waals surface area (Å²) in [6, 6.07) is 1.75. The Kier molecular flexibility index (Phi) is 7.06. The Hall–Kier alpha value is -0.650. The molecule has 0 aliphatic heterocycles. The van der Waals surface area contributed by atoms with E-state index in [-0.39, 0.29) is 7.92 Å². The van der Waals surface area contributed by atoms with Crippen molar-refractivity contribution in [1.29, 1.82) is 0 Å². The molecule has 1 unspecified atom stereocenters. The van der Waals surface area contributed by atoms with E-state index in [4.69, 9.17) is 0 Å².